The van der Waals surface area contributed by atoms with E-state index in [9.17, 15) is 4.79 Å². The van der Waals surface area contributed by atoms with E-state index < -0.39 is 0 Å². The summed E-state index contributed by atoms with van der Waals surface area (Å²) in [6.07, 6.45) is 0.118. The van der Waals surface area contributed by atoms with Gasteiger partial charge >= 0.3 is 0 Å². The van der Waals surface area contributed by atoms with E-state index in [1.165, 1.54) is 0 Å². The average molecular weight is 236 g/mol. The number of methoxy groups -OCH3 is 1. The highest BCUT2D eigenvalue weighted by Gasteiger charge is 2.32. The van der Waals surface area contributed by atoms with E-state index in [4.69, 9.17) is 4.74 Å². The van der Waals surface area contributed by atoms with Gasteiger partial charge in [0.1, 0.15) is 0 Å². The fourth-order valence-corrected chi connectivity index (χ4v) is 1.82. The van der Waals surface area contributed by atoms with Gasteiger partial charge in [0.15, 0.2) is 0 Å². The van der Waals surface area contributed by atoms with Gasteiger partial charge in [-0.25, -0.2) is 0 Å². The first-order valence-corrected chi connectivity index (χ1v) is 5.06. The lowest BCUT2D eigenvalue weighted by molar-refractivity contribution is -0.127. The summed E-state index contributed by atoms with van der Waals surface area (Å²) < 4.78 is 5.26. The molecule has 6 heteroatoms. The molecule has 0 aromatic carbocycles. The Labute approximate surface area is 95.7 Å². The molecule has 3 N–H and O–H groups in total. The average Bonchev–Trinajstić information content (AvgIpc) is 2.48. The molecule has 5 nitrogen and oxygen atoms in total. The molecular weight excluding hydrogens is 218 g/mol. The number of rotatable bonds is 3. The molecule has 1 amide bonds. The molecule has 0 aliphatic carbocycles. The van der Waals surface area contributed by atoms with Crippen LogP contribution in [0.15, 0.2) is 0 Å². The maximum absolute atomic E-state index is 11.6. The predicted molar refractivity (Wildman–Crippen MR) is 59.2 cm³/mol. The van der Waals surface area contributed by atoms with Crippen LogP contribution in [0.5, 0.6) is 0 Å². The second-order valence-corrected chi connectivity index (χ2v) is 3.90. The van der Waals surface area contributed by atoms with E-state index in [2.05, 4.69) is 16.0 Å². The summed E-state index contributed by atoms with van der Waals surface area (Å²) in [5, 5.41) is 9.30. The Morgan fingerprint density at radius 2 is 1.93 bits per heavy atom. The third kappa shape index (κ3) is 2.81. The normalized spacial score (nSPS) is 30.5. The zero-order valence-electron chi connectivity index (χ0n) is 8.79. The molecule has 2 atom stereocenters. The first kappa shape index (κ1) is 12.7. The van der Waals surface area contributed by atoms with Crippen LogP contribution in [0.1, 0.15) is 0 Å². The lowest BCUT2D eigenvalue weighted by atomic mass is 10.0. The molecular formula is C9H18ClN3O2. The van der Waals surface area contributed by atoms with Crippen molar-refractivity contribution in [3.63, 3.8) is 0 Å². The molecule has 0 radical (unpaired) electrons. The van der Waals surface area contributed by atoms with Gasteiger partial charge in [-0.05, 0) is 0 Å². The van der Waals surface area contributed by atoms with Crippen LogP contribution in [0.25, 0.3) is 0 Å². The van der Waals surface area contributed by atoms with Crippen LogP contribution in [0.3, 0.4) is 0 Å². The predicted octanol–water partition coefficient (Wildman–Crippen LogP) is -1.27. The standard InChI is InChI=1S/C9H17N3O2.ClH/c1-14-8-5-11-4-7(8)12-9(13)6-2-10-3-6;/h6-8,10-11H,2-5H2,1H3,(H,12,13);1H/t7-,8-;/m0./s1. The Kier molecular flexibility index (Phi) is 4.79. The van der Waals surface area contributed by atoms with Crippen molar-refractivity contribution in [2.24, 2.45) is 5.92 Å². The van der Waals surface area contributed by atoms with Crippen LogP contribution >= 0.6 is 12.4 Å². The lowest BCUT2D eigenvalue weighted by Crippen LogP contribution is -2.54. The highest BCUT2D eigenvalue weighted by molar-refractivity contribution is 5.85. The minimum atomic E-state index is 0. The fourth-order valence-electron chi connectivity index (χ4n) is 1.82. The Hall–Kier alpha value is -0.360. The third-order valence-corrected chi connectivity index (χ3v) is 2.94. The van der Waals surface area contributed by atoms with Crippen LogP contribution in [-0.4, -0.2) is 51.3 Å². The van der Waals surface area contributed by atoms with Gasteiger partial charge in [0.2, 0.25) is 5.91 Å². The first-order chi connectivity index (χ1) is 6.81. The number of hydrogen-bond donors (Lipinski definition) is 3. The fraction of sp³-hybridized carbons (Fsp3) is 0.889. The Balaban J connectivity index is 0.00000112. The van der Waals surface area contributed by atoms with E-state index >= 15 is 0 Å². The minimum Gasteiger partial charge on any atom is -0.378 e. The van der Waals surface area contributed by atoms with Crippen molar-refractivity contribution >= 4 is 18.3 Å². The van der Waals surface area contributed by atoms with Crippen LogP contribution in [0.2, 0.25) is 0 Å². The van der Waals surface area contributed by atoms with Crippen molar-refractivity contribution in [1.29, 1.82) is 0 Å². The highest BCUT2D eigenvalue weighted by atomic mass is 35.5. The molecule has 2 heterocycles. The molecule has 2 saturated heterocycles. The van der Waals surface area contributed by atoms with Crippen molar-refractivity contribution < 1.29 is 9.53 Å². The zero-order valence-corrected chi connectivity index (χ0v) is 9.60. The van der Waals surface area contributed by atoms with E-state index in [1.807, 2.05) is 0 Å². The van der Waals surface area contributed by atoms with Gasteiger partial charge in [-0.2, -0.15) is 0 Å². The molecule has 0 bridgehead atoms. The first-order valence-electron chi connectivity index (χ1n) is 5.06. The van der Waals surface area contributed by atoms with Crippen LogP contribution in [0, 0.1) is 5.92 Å². The number of hydrogen-bond acceptors (Lipinski definition) is 4. The molecule has 2 aliphatic heterocycles. The van der Waals surface area contributed by atoms with Crippen molar-refractivity contribution in [3.05, 3.63) is 0 Å². The highest BCUT2D eigenvalue weighted by Crippen LogP contribution is 2.07. The molecule has 2 fully saturated rings. The molecule has 0 saturated carbocycles. The summed E-state index contributed by atoms with van der Waals surface area (Å²) in [7, 11) is 1.68. The number of nitrogens with one attached hydrogen (secondary N) is 3. The van der Waals surface area contributed by atoms with E-state index in [0.717, 1.165) is 26.2 Å². The summed E-state index contributed by atoms with van der Waals surface area (Å²) in [4.78, 5) is 11.6. The quantitative estimate of drug-likeness (QED) is 0.571. The minimum absolute atomic E-state index is 0. The van der Waals surface area contributed by atoms with Gasteiger partial charge in [-0.1, -0.05) is 0 Å². The van der Waals surface area contributed by atoms with E-state index in [0.29, 0.717) is 0 Å². The Morgan fingerprint density at radius 3 is 2.47 bits per heavy atom. The van der Waals surface area contributed by atoms with E-state index in [1.54, 1.807) is 7.11 Å². The lowest BCUT2D eigenvalue weighted by Gasteiger charge is -2.28. The largest absolute Gasteiger partial charge is 0.378 e. The van der Waals surface area contributed by atoms with Crippen LogP contribution in [-0.2, 0) is 9.53 Å². The number of halogens is 1. The summed E-state index contributed by atoms with van der Waals surface area (Å²) >= 11 is 0. The van der Waals surface area contributed by atoms with Crippen LogP contribution in [0.4, 0.5) is 0 Å². The maximum Gasteiger partial charge on any atom is 0.226 e. The van der Waals surface area contributed by atoms with Gasteiger partial charge in [0.05, 0.1) is 18.1 Å². The molecule has 0 spiro atoms. The summed E-state index contributed by atoms with van der Waals surface area (Å²) in [5.41, 5.74) is 0. The van der Waals surface area contributed by atoms with Gasteiger partial charge in [0, 0.05) is 33.3 Å². The monoisotopic (exact) mass is 235 g/mol. The number of carbonyl (C=O) groups is 1. The molecule has 0 aromatic rings. The third-order valence-electron chi connectivity index (χ3n) is 2.94. The molecule has 2 rings (SSSR count). The van der Waals surface area contributed by atoms with Gasteiger partial charge in [-0.15, -0.1) is 12.4 Å². The molecule has 88 valence electrons. The van der Waals surface area contributed by atoms with Crippen molar-refractivity contribution in [2.75, 3.05) is 33.3 Å². The zero-order chi connectivity index (χ0) is 9.97. The van der Waals surface area contributed by atoms with Crippen molar-refractivity contribution in [3.8, 4) is 0 Å². The van der Waals surface area contributed by atoms with Crippen molar-refractivity contribution in [1.82, 2.24) is 16.0 Å². The summed E-state index contributed by atoms with van der Waals surface area (Å²) in [6, 6.07) is 0.132. The Morgan fingerprint density at radius 1 is 1.27 bits per heavy atom. The molecule has 0 aromatic heterocycles. The molecule has 15 heavy (non-hydrogen) atoms. The number of carbonyl (C=O) groups excluding carboxylic acids is 1. The molecule has 2 aliphatic rings. The smallest absolute Gasteiger partial charge is 0.226 e. The summed E-state index contributed by atoms with van der Waals surface area (Å²) in [6.45, 7) is 3.25. The maximum atomic E-state index is 11.6. The van der Waals surface area contributed by atoms with Gasteiger partial charge in [-0.3, -0.25) is 4.79 Å². The number of amides is 1. The summed E-state index contributed by atoms with van der Waals surface area (Å²) in [5.74, 6) is 0.313. The van der Waals surface area contributed by atoms with Gasteiger partial charge in [0.25, 0.3) is 0 Å². The second-order valence-electron chi connectivity index (χ2n) is 3.90. The Bertz CT molecular complexity index is 223. The van der Waals surface area contributed by atoms with Crippen molar-refractivity contribution in [2.45, 2.75) is 12.1 Å². The topological polar surface area (TPSA) is 62.4 Å². The van der Waals surface area contributed by atoms with E-state index in [-0.39, 0.29) is 36.4 Å². The SMILES string of the molecule is CO[C@H]1CNC[C@@H]1NC(=O)C1CNC1.Cl. The second kappa shape index (κ2) is 5.65. The number of ether oxygens (including phenoxy) is 1. The van der Waals surface area contributed by atoms with Gasteiger partial charge < -0.3 is 20.7 Å². The molecule has 0 unspecified atom stereocenters. The van der Waals surface area contributed by atoms with Crippen LogP contribution < -0.4 is 16.0 Å².